The molecule has 1 aromatic carbocycles. The number of rotatable bonds is 3. The van der Waals surface area contributed by atoms with E-state index < -0.39 is 0 Å². The normalized spacial score (nSPS) is 20.8. The minimum Gasteiger partial charge on any atom is -0.381 e. The summed E-state index contributed by atoms with van der Waals surface area (Å²) in [7, 11) is 1.92. The van der Waals surface area contributed by atoms with Gasteiger partial charge in [0, 0.05) is 31.9 Å². The van der Waals surface area contributed by atoms with E-state index in [1.807, 2.05) is 24.1 Å². The standard InChI is InChI=1S/C18H26N2O2/c1-20(17-8-12-22-13-9-17)18(21)16-4-2-14(3-5-16)15-6-10-19-11-7-15/h2-5,15,17,19H,6-13H2,1H3. The quantitative estimate of drug-likeness (QED) is 0.932. The van der Waals surface area contributed by atoms with E-state index in [0.29, 0.717) is 12.0 Å². The van der Waals surface area contributed by atoms with Crippen LogP contribution in [-0.4, -0.2) is 50.2 Å². The van der Waals surface area contributed by atoms with E-state index in [0.717, 1.165) is 44.7 Å². The van der Waals surface area contributed by atoms with Crippen LogP contribution >= 0.6 is 0 Å². The van der Waals surface area contributed by atoms with Gasteiger partial charge in [-0.3, -0.25) is 4.79 Å². The summed E-state index contributed by atoms with van der Waals surface area (Å²) < 4.78 is 5.38. The van der Waals surface area contributed by atoms with Crippen LogP contribution in [0.4, 0.5) is 0 Å². The number of hydrogen-bond acceptors (Lipinski definition) is 3. The molecule has 120 valence electrons. The Morgan fingerprint density at radius 1 is 1.09 bits per heavy atom. The van der Waals surface area contributed by atoms with Gasteiger partial charge >= 0.3 is 0 Å². The Morgan fingerprint density at radius 3 is 2.36 bits per heavy atom. The maximum absolute atomic E-state index is 12.6. The van der Waals surface area contributed by atoms with E-state index in [1.54, 1.807) is 0 Å². The van der Waals surface area contributed by atoms with Crippen molar-refractivity contribution in [1.29, 1.82) is 0 Å². The molecule has 2 fully saturated rings. The monoisotopic (exact) mass is 302 g/mol. The van der Waals surface area contributed by atoms with Gasteiger partial charge in [-0.2, -0.15) is 0 Å². The van der Waals surface area contributed by atoms with E-state index in [1.165, 1.54) is 18.4 Å². The van der Waals surface area contributed by atoms with Crippen LogP contribution in [0.25, 0.3) is 0 Å². The van der Waals surface area contributed by atoms with Gasteiger partial charge in [-0.05, 0) is 62.4 Å². The van der Waals surface area contributed by atoms with Crippen LogP contribution in [0.5, 0.6) is 0 Å². The number of hydrogen-bond donors (Lipinski definition) is 1. The summed E-state index contributed by atoms with van der Waals surface area (Å²) in [5, 5.41) is 3.39. The predicted octanol–water partition coefficient (Wildman–Crippen LogP) is 2.40. The Hall–Kier alpha value is -1.39. The lowest BCUT2D eigenvalue weighted by Gasteiger charge is -2.31. The lowest BCUT2D eigenvalue weighted by molar-refractivity contribution is 0.0362. The highest BCUT2D eigenvalue weighted by Gasteiger charge is 2.23. The second-order valence-electron chi connectivity index (χ2n) is 6.41. The van der Waals surface area contributed by atoms with E-state index in [-0.39, 0.29) is 5.91 Å². The number of amides is 1. The van der Waals surface area contributed by atoms with Gasteiger partial charge in [-0.15, -0.1) is 0 Å². The molecule has 0 aromatic heterocycles. The minimum absolute atomic E-state index is 0.128. The highest BCUT2D eigenvalue weighted by atomic mass is 16.5. The first-order valence-corrected chi connectivity index (χ1v) is 8.41. The molecule has 0 radical (unpaired) electrons. The molecule has 1 aromatic rings. The van der Waals surface area contributed by atoms with Gasteiger partial charge in [0.2, 0.25) is 0 Å². The molecule has 2 aliphatic heterocycles. The summed E-state index contributed by atoms with van der Waals surface area (Å²) in [4.78, 5) is 14.5. The largest absolute Gasteiger partial charge is 0.381 e. The predicted molar refractivity (Wildman–Crippen MR) is 87.2 cm³/mol. The lowest BCUT2D eigenvalue weighted by Crippen LogP contribution is -2.40. The van der Waals surface area contributed by atoms with Crippen molar-refractivity contribution in [2.75, 3.05) is 33.4 Å². The molecule has 2 saturated heterocycles. The molecule has 2 heterocycles. The third-order valence-electron chi connectivity index (χ3n) is 5.03. The molecule has 1 amide bonds. The van der Waals surface area contributed by atoms with Gasteiger partial charge in [-0.25, -0.2) is 0 Å². The molecule has 2 aliphatic rings. The smallest absolute Gasteiger partial charge is 0.253 e. The first-order chi connectivity index (χ1) is 10.8. The van der Waals surface area contributed by atoms with Gasteiger partial charge in [0.1, 0.15) is 0 Å². The van der Waals surface area contributed by atoms with E-state index >= 15 is 0 Å². The molecule has 1 N–H and O–H groups in total. The van der Waals surface area contributed by atoms with Crippen LogP contribution in [-0.2, 0) is 4.74 Å². The van der Waals surface area contributed by atoms with E-state index in [9.17, 15) is 4.79 Å². The number of nitrogens with one attached hydrogen (secondary N) is 1. The second-order valence-corrected chi connectivity index (χ2v) is 6.41. The molecular weight excluding hydrogens is 276 g/mol. The van der Waals surface area contributed by atoms with Crippen LogP contribution in [0.3, 0.4) is 0 Å². The Bertz CT molecular complexity index is 488. The minimum atomic E-state index is 0.128. The Kier molecular flexibility index (Phi) is 5.11. The highest BCUT2D eigenvalue weighted by Crippen LogP contribution is 2.25. The summed E-state index contributed by atoms with van der Waals surface area (Å²) in [6.07, 6.45) is 4.26. The van der Waals surface area contributed by atoms with Gasteiger partial charge in [0.15, 0.2) is 0 Å². The fraction of sp³-hybridized carbons (Fsp3) is 0.611. The molecule has 4 nitrogen and oxygen atoms in total. The molecule has 22 heavy (non-hydrogen) atoms. The summed E-state index contributed by atoms with van der Waals surface area (Å²) in [6.45, 7) is 3.71. The summed E-state index contributed by atoms with van der Waals surface area (Å²) in [5.41, 5.74) is 2.17. The second kappa shape index (κ2) is 7.25. The number of carbonyl (C=O) groups excluding carboxylic acids is 1. The van der Waals surface area contributed by atoms with Crippen molar-refractivity contribution in [1.82, 2.24) is 10.2 Å². The van der Waals surface area contributed by atoms with Crippen LogP contribution in [0, 0.1) is 0 Å². The summed E-state index contributed by atoms with van der Waals surface area (Å²) in [6, 6.07) is 8.58. The van der Waals surface area contributed by atoms with Crippen molar-refractivity contribution in [3.63, 3.8) is 0 Å². The molecule has 4 heteroatoms. The van der Waals surface area contributed by atoms with Crippen molar-refractivity contribution in [3.05, 3.63) is 35.4 Å². The molecule has 0 saturated carbocycles. The maximum atomic E-state index is 12.6. The maximum Gasteiger partial charge on any atom is 0.253 e. The fourth-order valence-electron chi connectivity index (χ4n) is 3.50. The Labute approximate surface area is 132 Å². The van der Waals surface area contributed by atoms with Crippen molar-refractivity contribution >= 4 is 5.91 Å². The zero-order chi connectivity index (χ0) is 15.4. The lowest BCUT2D eigenvalue weighted by atomic mass is 9.90. The molecule has 0 aliphatic carbocycles. The first-order valence-electron chi connectivity index (χ1n) is 8.41. The van der Waals surface area contributed by atoms with Crippen LogP contribution in [0.1, 0.15) is 47.5 Å². The van der Waals surface area contributed by atoms with Crippen LogP contribution < -0.4 is 5.32 Å². The first kappa shape index (κ1) is 15.5. The molecule has 3 rings (SSSR count). The van der Waals surface area contributed by atoms with E-state index in [2.05, 4.69) is 17.4 Å². The summed E-state index contributed by atoms with van der Waals surface area (Å²) in [5.74, 6) is 0.766. The van der Waals surface area contributed by atoms with Gasteiger partial charge in [0.25, 0.3) is 5.91 Å². The number of piperidine rings is 1. The van der Waals surface area contributed by atoms with Crippen LogP contribution in [0.2, 0.25) is 0 Å². The molecule has 0 spiro atoms. The topological polar surface area (TPSA) is 41.6 Å². The van der Waals surface area contributed by atoms with Crippen molar-refractivity contribution in [3.8, 4) is 0 Å². The van der Waals surface area contributed by atoms with Gasteiger partial charge in [-0.1, -0.05) is 12.1 Å². The van der Waals surface area contributed by atoms with Gasteiger partial charge < -0.3 is 15.0 Å². The zero-order valence-corrected chi connectivity index (χ0v) is 13.4. The number of benzene rings is 1. The van der Waals surface area contributed by atoms with Crippen molar-refractivity contribution in [2.45, 2.75) is 37.6 Å². The molecular formula is C18H26N2O2. The third-order valence-corrected chi connectivity index (χ3v) is 5.03. The number of carbonyl (C=O) groups is 1. The Balaban J connectivity index is 1.64. The molecule has 0 atom stereocenters. The third kappa shape index (κ3) is 3.50. The average Bonchev–Trinajstić information content (AvgIpc) is 2.62. The van der Waals surface area contributed by atoms with Gasteiger partial charge in [0.05, 0.1) is 0 Å². The number of nitrogens with zero attached hydrogens (tertiary/aromatic N) is 1. The van der Waals surface area contributed by atoms with Crippen molar-refractivity contribution < 1.29 is 9.53 Å². The van der Waals surface area contributed by atoms with Crippen LogP contribution in [0.15, 0.2) is 24.3 Å². The van der Waals surface area contributed by atoms with E-state index in [4.69, 9.17) is 4.74 Å². The number of ether oxygens (including phenoxy) is 1. The summed E-state index contributed by atoms with van der Waals surface area (Å²) >= 11 is 0. The SMILES string of the molecule is CN(C(=O)c1ccc(C2CCNCC2)cc1)C1CCOCC1. The average molecular weight is 302 g/mol. The molecule has 0 bridgehead atoms. The van der Waals surface area contributed by atoms with Crippen molar-refractivity contribution in [2.24, 2.45) is 0 Å². The fourth-order valence-corrected chi connectivity index (χ4v) is 3.50. The Morgan fingerprint density at radius 2 is 1.73 bits per heavy atom. The molecule has 0 unspecified atom stereocenters. The highest BCUT2D eigenvalue weighted by molar-refractivity contribution is 5.94. The zero-order valence-electron chi connectivity index (χ0n) is 13.4.